The van der Waals surface area contributed by atoms with Gasteiger partial charge in [0.2, 0.25) is 0 Å². The summed E-state index contributed by atoms with van der Waals surface area (Å²) < 4.78 is 27.3. The molecule has 0 bridgehead atoms. The van der Waals surface area contributed by atoms with Crippen molar-refractivity contribution in [2.75, 3.05) is 0 Å². The largest absolute Gasteiger partial charge is 0.478 e. The number of benzene rings is 2. The topological polar surface area (TPSA) is 97.5 Å². The second-order valence-electron chi connectivity index (χ2n) is 5.17. The van der Waals surface area contributed by atoms with E-state index in [1.807, 2.05) is 0 Å². The molecule has 0 spiro atoms. The van der Waals surface area contributed by atoms with Gasteiger partial charge < -0.3 is 5.11 Å². The highest BCUT2D eigenvalue weighted by molar-refractivity contribution is 6.30. The van der Waals surface area contributed by atoms with Gasteiger partial charge in [0.15, 0.2) is 5.78 Å². The minimum atomic E-state index is -1.69. The molecule has 0 fully saturated rings. The van der Waals surface area contributed by atoms with Crippen LogP contribution in [0.4, 0.5) is 14.5 Å². The highest BCUT2D eigenvalue weighted by Gasteiger charge is 2.31. The van der Waals surface area contributed by atoms with E-state index in [1.54, 1.807) is 0 Å². The Bertz CT molecular complexity index is 914. The molecule has 0 atom stereocenters. The van der Waals surface area contributed by atoms with Crippen molar-refractivity contribution in [3.05, 3.63) is 73.3 Å². The lowest BCUT2D eigenvalue weighted by molar-refractivity contribution is -0.385. The molecule has 1 N–H and O–H groups in total. The first-order valence-corrected chi connectivity index (χ1v) is 7.19. The van der Waals surface area contributed by atoms with Crippen LogP contribution in [0.3, 0.4) is 0 Å². The smallest absolute Gasteiger partial charge is 0.336 e. The average molecular weight is 370 g/mol. The summed E-state index contributed by atoms with van der Waals surface area (Å²) in [6, 6.07) is 4.04. The molecule has 0 heterocycles. The molecule has 0 amide bonds. The van der Waals surface area contributed by atoms with Crippen LogP contribution in [0.1, 0.15) is 31.8 Å². The van der Waals surface area contributed by atoms with Crippen molar-refractivity contribution < 1.29 is 28.4 Å². The summed E-state index contributed by atoms with van der Waals surface area (Å²) in [4.78, 5) is 34.0. The summed E-state index contributed by atoms with van der Waals surface area (Å²) in [6.45, 7) is 1.07. The number of Topliss-reactive ketones (excluding diaryl/α,β-unsaturated/α-hetero) is 1. The number of halogens is 3. The Hall–Kier alpha value is -2.87. The number of ketones is 1. The Kier molecular flexibility index (Phi) is 5.13. The van der Waals surface area contributed by atoms with Gasteiger partial charge >= 0.3 is 5.97 Å². The number of nitro benzene ring substituents is 1. The minimum Gasteiger partial charge on any atom is -0.478 e. The van der Waals surface area contributed by atoms with Gasteiger partial charge in [0, 0.05) is 6.42 Å². The SMILES string of the molecule is Cc1c(F)cc(C(=O)O)c(C(=O)Cc2ccc(Cl)c(F)c2)c1[N+](=O)[O-]. The molecular formula is C16H10ClF2NO5. The summed E-state index contributed by atoms with van der Waals surface area (Å²) in [6.07, 6.45) is -0.514. The molecule has 0 saturated carbocycles. The monoisotopic (exact) mass is 369 g/mol. The molecule has 0 aliphatic heterocycles. The molecule has 2 aromatic rings. The van der Waals surface area contributed by atoms with E-state index in [0.717, 1.165) is 13.0 Å². The second kappa shape index (κ2) is 6.94. The first-order valence-electron chi connectivity index (χ1n) is 6.81. The number of carboxylic acids is 1. The molecule has 0 aliphatic carbocycles. The molecular weight excluding hydrogens is 360 g/mol. The summed E-state index contributed by atoms with van der Waals surface area (Å²) in [5.41, 5.74) is -2.79. The van der Waals surface area contributed by atoms with Gasteiger partial charge in [-0.15, -0.1) is 0 Å². The fraction of sp³-hybridized carbons (Fsp3) is 0.125. The number of aromatic carboxylic acids is 1. The van der Waals surface area contributed by atoms with E-state index >= 15 is 0 Å². The fourth-order valence-corrected chi connectivity index (χ4v) is 2.46. The van der Waals surface area contributed by atoms with Crippen molar-refractivity contribution in [2.45, 2.75) is 13.3 Å². The number of rotatable bonds is 5. The van der Waals surface area contributed by atoms with Crippen molar-refractivity contribution in [1.29, 1.82) is 0 Å². The van der Waals surface area contributed by atoms with Crippen molar-refractivity contribution in [3.8, 4) is 0 Å². The van der Waals surface area contributed by atoms with Crippen LogP contribution in [-0.2, 0) is 6.42 Å². The Morgan fingerprint density at radius 2 is 1.88 bits per heavy atom. The fourth-order valence-electron chi connectivity index (χ4n) is 2.34. The van der Waals surface area contributed by atoms with E-state index in [1.165, 1.54) is 12.1 Å². The third-order valence-corrected chi connectivity index (χ3v) is 3.84. The van der Waals surface area contributed by atoms with E-state index in [2.05, 4.69) is 0 Å². The van der Waals surface area contributed by atoms with Gasteiger partial charge in [-0.05, 0) is 30.7 Å². The number of carbonyl (C=O) groups is 2. The Labute approximate surface area is 144 Å². The van der Waals surface area contributed by atoms with Crippen molar-refractivity contribution >= 4 is 29.0 Å². The lowest BCUT2D eigenvalue weighted by atomic mass is 9.94. The molecule has 0 aliphatic rings. The molecule has 0 aromatic heterocycles. The van der Waals surface area contributed by atoms with E-state index < -0.39 is 57.1 Å². The number of carboxylic acid groups (broad SMARTS) is 1. The number of hydrogen-bond acceptors (Lipinski definition) is 4. The predicted molar refractivity (Wildman–Crippen MR) is 84.2 cm³/mol. The van der Waals surface area contributed by atoms with E-state index in [4.69, 9.17) is 16.7 Å². The standard InChI is InChI=1S/C16H10ClF2NO5/c1-7-11(18)6-9(16(22)23)14(15(7)20(24)25)13(21)5-8-2-3-10(17)12(19)4-8/h2-4,6H,5H2,1H3,(H,22,23). The molecule has 9 heteroatoms. The van der Waals surface area contributed by atoms with Gasteiger partial charge in [0.05, 0.1) is 21.1 Å². The van der Waals surface area contributed by atoms with Gasteiger partial charge in [-0.3, -0.25) is 14.9 Å². The molecule has 0 unspecified atom stereocenters. The van der Waals surface area contributed by atoms with Gasteiger partial charge in [-0.1, -0.05) is 17.7 Å². The van der Waals surface area contributed by atoms with Crippen LogP contribution in [0, 0.1) is 28.7 Å². The van der Waals surface area contributed by atoms with Crippen LogP contribution in [0.15, 0.2) is 24.3 Å². The summed E-state index contributed by atoms with van der Waals surface area (Å²) in [7, 11) is 0. The van der Waals surface area contributed by atoms with Gasteiger partial charge in [-0.2, -0.15) is 0 Å². The van der Waals surface area contributed by atoms with Gasteiger partial charge in [0.1, 0.15) is 17.2 Å². The van der Waals surface area contributed by atoms with Crippen LogP contribution < -0.4 is 0 Å². The van der Waals surface area contributed by atoms with Crippen molar-refractivity contribution in [3.63, 3.8) is 0 Å². The molecule has 0 saturated heterocycles. The zero-order chi connectivity index (χ0) is 18.9. The maximum atomic E-state index is 13.8. The molecule has 2 aromatic carbocycles. The second-order valence-corrected chi connectivity index (χ2v) is 5.57. The maximum absolute atomic E-state index is 13.8. The molecule has 6 nitrogen and oxygen atoms in total. The predicted octanol–water partition coefficient (Wildman–Crippen LogP) is 3.96. The molecule has 130 valence electrons. The highest BCUT2D eigenvalue weighted by atomic mass is 35.5. The first-order chi connectivity index (χ1) is 11.6. The third kappa shape index (κ3) is 3.63. The van der Waals surface area contributed by atoms with E-state index in [-0.39, 0.29) is 10.6 Å². The van der Waals surface area contributed by atoms with E-state index in [9.17, 15) is 28.5 Å². The van der Waals surface area contributed by atoms with Gasteiger partial charge in [-0.25, -0.2) is 13.6 Å². The van der Waals surface area contributed by atoms with Gasteiger partial charge in [0.25, 0.3) is 5.69 Å². The zero-order valence-electron chi connectivity index (χ0n) is 12.7. The average Bonchev–Trinajstić information content (AvgIpc) is 2.52. The minimum absolute atomic E-state index is 0.138. The molecule has 2 rings (SSSR count). The van der Waals surface area contributed by atoms with Crippen LogP contribution in [0.25, 0.3) is 0 Å². The number of nitrogens with zero attached hydrogens (tertiary/aromatic N) is 1. The van der Waals surface area contributed by atoms with Crippen LogP contribution in [-0.4, -0.2) is 21.8 Å². The Morgan fingerprint density at radius 1 is 1.24 bits per heavy atom. The lowest BCUT2D eigenvalue weighted by Gasteiger charge is -2.10. The third-order valence-electron chi connectivity index (χ3n) is 3.53. The van der Waals surface area contributed by atoms with Crippen LogP contribution >= 0.6 is 11.6 Å². The van der Waals surface area contributed by atoms with Crippen LogP contribution in [0.5, 0.6) is 0 Å². The summed E-state index contributed by atoms with van der Waals surface area (Å²) in [5.74, 6) is -4.55. The van der Waals surface area contributed by atoms with Crippen molar-refractivity contribution in [1.82, 2.24) is 0 Å². The Morgan fingerprint density at radius 3 is 2.40 bits per heavy atom. The first kappa shape index (κ1) is 18.5. The van der Waals surface area contributed by atoms with Crippen molar-refractivity contribution in [2.24, 2.45) is 0 Å². The number of hydrogen-bond donors (Lipinski definition) is 1. The number of carbonyl (C=O) groups excluding carboxylic acids is 1. The van der Waals surface area contributed by atoms with Crippen LogP contribution in [0.2, 0.25) is 5.02 Å². The summed E-state index contributed by atoms with van der Waals surface area (Å²) in [5, 5.41) is 20.2. The molecule has 25 heavy (non-hydrogen) atoms. The number of nitro groups is 1. The maximum Gasteiger partial charge on any atom is 0.336 e. The molecule has 0 radical (unpaired) electrons. The quantitative estimate of drug-likeness (QED) is 0.488. The normalized spacial score (nSPS) is 10.6. The Balaban J connectivity index is 2.61. The summed E-state index contributed by atoms with van der Waals surface area (Å²) >= 11 is 5.54. The zero-order valence-corrected chi connectivity index (χ0v) is 13.4. The lowest BCUT2D eigenvalue weighted by Crippen LogP contribution is -2.16. The highest BCUT2D eigenvalue weighted by Crippen LogP contribution is 2.31. The van der Waals surface area contributed by atoms with E-state index in [0.29, 0.717) is 6.07 Å².